The van der Waals surface area contributed by atoms with E-state index < -0.39 is 18.2 Å². The number of guanidine groups is 1. The lowest BCUT2D eigenvalue weighted by molar-refractivity contribution is -0.138. The molecule has 2 unspecified atom stereocenters. The number of benzene rings is 1. The van der Waals surface area contributed by atoms with Crippen molar-refractivity contribution < 1.29 is 28.7 Å². The third kappa shape index (κ3) is 5.74. The van der Waals surface area contributed by atoms with Gasteiger partial charge in [-0.3, -0.25) is 19.4 Å². The molecule has 2 heterocycles. The highest BCUT2D eigenvalue weighted by atomic mass is 16.6. The molecule has 13 heteroatoms. The molecule has 1 saturated heterocycles. The van der Waals surface area contributed by atoms with E-state index in [1.807, 2.05) is 13.0 Å². The molecule has 43 heavy (non-hydrogen) atoms. The Balaban J connectivity index is 1.24. The second-order valence-electron chi connectivity index (χ2n) is 12.0. The highest BCUT2D eigenvalue weighted by molar-refractivity contribution is 5.89. The first-order valence-corrected chi connectivity index (χ1v) is 15.2. The average Bonchev–Trinajstić information content (AvgIpc) is 3.32. The normalized spacial score (nSPS) is 25.6. The number of hydrogen-bond acceptors (Lipinski definition) is 8. The summed E-state index contributed by atoms with van der Waals surface area (Å²) in [6.45, 7) is 5.11. The van der Waals surface area contributed by atoms with Crippen LogP contribution in [0.2, 0.25) is 0 Å². The molecule has 13 nitrogen and oxygen atoms in total. The number of aliphatic imine (C=N–C) groups is 1. The number of hydrogen-bond donors (Lipinski definition) is 4. The van der Waals surface area contributed by atoms with Gasteiger partial charge in [0, 0.05) is 56.5 Å². The average molecular weight is 598 g/mol. The Morgan fingerprint density at radius 3 is 2.81 bits per heavy atom. The summed E-state index contributed by atoms with van der Waals surface area (Å²) in [7, 11) is 2.16. The van der Waals surface area contributed by atoms with Crippen molar-refractivity contribution in [2.45, 2.75) is 76.0 Å². The molecule has 234 valence electrons. The molecule has 4 aliphatic rings. The van der Waals surface area contributed by atoms with Gasteiger partial charge in [0.1, 0.15) is 6.04 Å². The smallest absolute Gasteiger partial charge is 0.415 e. The molecule has 2 fully saturated rings. The quantitative estimate of drug-likeness (QED) is 0.160. The summed E-state index contributed by atoms with van der Waals surface area (Å²) < 4.78 is 12.3. The molecule has 5 rings (SSSR count). The summed E-state index contributed by atoms with van der Waals surface area (Å²) in [6, 6.07) is 3.41. The van der Waals surface area contributed by atoms with Crippen LogP contribution in [-0.2, 0) is 26.2 Å². The van der Waals surface area contributed by atoms with Gasteiger partial charge in [0.15, 0.2) is 29.3 Å². The van der Waals surface area contributed by atoms with Crippen molar-refractivity contribution in [3.05, 3.63) is 23.3 Å². The minimum Gasteiger partial charge on any atom is -0.477 e. The Hall–Kier alpha value is -3.87. The van der Waals surface area contributed by atoms with Gasteiger partial charge in [0.25, 0.3) is 0 Å². The van der Waals surface area contributed by atoms with E-state index in [1.54, 1.807) is 6.07 Å². The lowest BCUT2D eigenvalue weighted by atomic mass is 9.52. The molecule has 1 aromatic carbocycles. The van der Waals surface area contributed by atoms with Gasteiger partial charge in [-0.1, -0.05) is 6.07 Å². The van der Waals surface area contributed by atoms with Crippen LogP contribution in [0.3, 0.4) is 0 Å². The van der Waals surface area contributed by atoms with Gasteiger partial charge < -0.3 is 41.4 Å². The maximum Gasteiger partial charge on any atom is 0.415 e. The molecule has 3 amide bonds. The van der Waals surface area contributed by atoms with E-state index in [4.69, 9.17) is 20.9 Å². The number of rotatable bonds is 11. The largest absolute Gasteiger partial charge is 0.477 e. The fourth-order valence-electron chi connectivity index (χ4n) is 7.58. The topological polar surface area (TPSA) is 182 Å². The number of piperidine rings is 1. The monoisotopic (exact) mass is 597 g/mol. The van der Waals surface area contributed by atoms with Crippen LogP contribution in [0.1, 0.15) is 57.1 Å². The third-order valence-corrected chi connectivity index (χ3v) is 9.53. The summed E-state index contributed by atoms with van der Waals surface area (Å²) in [5.74, 6) is 0.585. The van der Waals surface area contributed by atoms with E-state index in [9.17, 15) is 19.2 Å². The molecule has 6 N–H and O–H groups in total. The van der Waals surface area contributed by atoms with Crippen LogP contribution in [0, 0.1) is 5.92 Å². The number of Topliss-reactive ketones (excluding diaryl/α,β-unsaturated/α-hetero) is 1. The van der Waals surface area contributed by atoms with E-state index in [-0.39, 0.29) is 42.1 Å². The van der Waals surface area contributed by atoms with Crippen LogP contribution in [0.5, 0.6) is 11.5 Å². The number of nitrogens with zero attached hydrogens (tertiary/aromatic N) is 3. The second-order valence-corrected chi connectivity index (χ2v) is 12.0. The Kier molecular flexibility index (Phi) is 8.81. The fraction of sp³-hybridized carbons (Fsp3) is 0.633. The Bertz CT molecular complexity index is 1310. The molecule has 2 bridgehead atoms. The molecular weight excluding hydrogens is 554 g/mol. The minimum atomic E-state index is -0.751. The molecule has 1 saturated carbocycles. The molecule has 1 aromatic rings. The van der Waals surface area contributed by atoms with Crippen molar-refractivity contribution in [2.75, 3.05) is 39.8 Å². The van der Waals surface area contributed by atoms with Gasteiger partial charge in [0.05, 0.1) is 0 Å². The van der Waals surface area contributed by atoms with Gasteiger partial charge >= 0.3 is 6.09 Å². The van der Waals surface area contributed by atoms with Gasteiger partial charge in [-0.25, -0.2) is 4.79 Å². The summed E-state index contributed by atoms with van der Waals surface area (Å²) in [5, 5.41) is 5.44. The number of likely N-dealkylation sites (tertiary alicyclic amines) is 1. The number of amides is 3. The second kappa shape index (κ2) is 12.4. The first kappa shape index (κ1) is 30.6. The number of ketones is 1. The van der Waals surface area contributed by atoms with E-state index in [1.165, 1.54) is 17.4 Å². The number of nitrogens with one attached hydrogen (secondary N) is 2. The van der Waals surface area contributed by atoms with Gasteiger partial charge in [-0.2, -0.15) is 0 Å². The van der Waals surface area contributed by atoms with E-state index in [0.29, 0.717) is 55.8 Å². The zero-order chi connectivity index (χ0) is 30.9. The van der Waals surface area contributed by atoms with Crippen molar-refractivity contribution in [2.24, 2.45) is 22.4 Å². The number of nitrogens with two attached hydrogens (primary N) is 2. The fourth-order valence-corrected chi connectivity index (χ4v) is 7.58. The summed E-state index contributed by atoms with van der Waals surface area (Å²) in [6.07, 6.45) is 2.83. The van der Waals surface area contributed by atoms with Crippen LogP contribution in [-0.4, -0.2) is 97.4 Å². The zero-order valence-corrected chi connectivity index (χ0v) is 25.2. The van der Waals surface area contributed by atoms with Crippen LogP contribution in [0.25, 0.3) is 0 Å². The van der Waals surface area contributed by atoms with Crippen molar-refractivity contribution in [1.29, 1.82) is 0 Å². The van der Waals surface area contributed by atoms with Crippen LogP contribution in [0.15, 0.2) is 17.1 Å². The summed E-state index contributed by atoms with van der Waals surface area (Å²) >= 11 is 0. The minimum absolute atomic E-state index is 0.0334. The van der Waals surface area contributed by atoms with Crippen LogP contribution in [0.4, 0.5) is 4.79 Å². The van der Waals surface area contributed by atoms with Crippen molar-refractivity contribution in [3.63, 3.8) is 0 Å². The number of ether oxygens (including phenoxy) is 2. The molecule has 1 spiro atoms. The molecule has 0 radical (unpaired) electrons. The van der Waals surface area contributed by atoms with E-state index in [2.05, 4.69) is 27.6 Å². The number of carbonyl (C=O) groups is 4. The summed E-state index contributed by atoms with van der Waals surface area (Å²) in [5.41, 5.74) is 12.6. The predicted molar refractivity (Wildman–Crippen MR) is 159 cm³/mol. The van der Waals surface area contributed by atoms with Crippen molar-refractivity contribution in [1.82, 2.24) is 20.4 Å². The molecule has 2 aliphatic carbocycles. The predicted octanol–water partition coefficient (Wildman–Crippen LogP) is 0.420. The first-order valence-electron chi connectivity index (χ1n) is 15.2. The highest BCUT2D eigenvalue weighted by Crippen LogP contribution is 2.63. The lowest BCUT2D eigenvalue weighted by Crippen LogP contribution is -2.65. The zero-order valence-electron chi connectivity index (χ0n) is 25.2. The Morgan fingerprint density at radius 1 is 1.30 bits per heavy atom. The molecule has 2 aliphatic heterocycles. The Morgan fingerprint density at radius 2 is 2.09 bits per heavy atom. The highest BCUT2D eigenvalue weighted by Gasteiger charge is 2.65. The lowest BCUT2D eigenvalue weighted by Gasteiger charge is -2.57. The van der Waals surface area contributed by atoms with Gasteiger partial charge in [0.2, 0.25) is 11.8 Å². The molecule has 5 atom stereocenters. The van der Waals surface area contributed by atoms with E-state index >= 15 is 0 Å². The maximum absolute atomic E-state index is 13.3. The van der Waals surface area contributed by atoms with Crippen LogP contribution < -0.4 is 31.6 Å². The van der Waals surface area contributed by atoms with Crippen molar-refractivity contribution in [3.8, 4) is 11.5 Å². The standard InChI is InChI=1S/C30H43N7O6/c1-4-37(15-13-33-27(40)20(35-17(2)38)6-5-12-34-28(31)32)29(41)42-23-10-7-18-16-21-19-8-9-22(39)26-30(19,11-14-36(21)3)24(18)25(23)43-26/h7,10,19-21,26H,4-6,8-9,11-16H2,1-3H3,(H,33,40)(H,35,38)(H4,31,32,34)/t19?,20-,21+,26?,30-/m0/s1. The van der Waals surface area contributed by atoms with E-state index in [0.717, 1.165) is 31.4 Å². The Labute approximate surface area is 251 Å². The SMILES string of the molecule is CCN(CCNC(=O)[C@H](CCCN=C(N)N)NC(C)=O)C(=O)Oc1ccc2c3c1OC1C(=O)CCC4[C@@H](C2)N(C)CC[C@]314. The summed E-state index contributed by atoms with van der Waals surface area (Å²) in [4.78, 5) is 58.7. The third-order valence-electron chi connectivity index (χ3n) is 9.53. The molecule has 0 aromatic heterocycles. The van der Waals surface area contributed by atoms with Gasteiger partial charge in [-0.15, -0.1) is 0 Å². The number of likely N-dealkylation sites (N-methyl/N-ethyl adjacent to an activating group) is 2. The first-order chi connectivity index (χ1) is 20.6. The van der Waals surface area contributed by atoms with Crippen molar-refractivity contribution >= 4 is 29.7 Å². The van der Waals surface area contributed by atoms with Crippen LogP contribution >= 0.6 is 0 Å². The maximum atomic E-state index is 13.3. The molecular formula is C30H43N7O6. The number of carbonyl (C=O) groups excluding carboxylic acids is 4. The van der Waals surface area contributed by atoms with Gasteiger partial charge in [-0.05, 0) is 70.2 Å².